The fraction of sp³-hybridized carbons (Fsp3) is 0.500. The van der Waals surface area contributed by atoms with Gasteiger partial charge in [-0.05, 0) is 6.92 Å². The van der Waals surface area contributed by atoms with E-state index in [9.17, 15) is 4.21 Å². The molecule has 0 spiro atoms. The van der Waals surface area contributed by atoms with E-state index < -0.39 is 10.8 Å². The molecule has 0 aliphatic carbocycles. The zero-order valence-corrected chi connectivity index (χ0v) is 6.77. The first kappa shape index (κ1) is 7.47. The van der Waals surface area contributed by atoms with Crippen molar-refractivity contribution in [3.05, 3.63) is 17.5 Å². The van der Waals surface area contributed by atoms with Gasteiger partial charge in [0.25, 0.3) is 0 Å². The van der Waals surface area contributed by atoms with Crippen molar-refractivity contribution in [3.63, 3.8) is 0 Å². The van der Waals surface area contributed by atoms with Gasteiger partial charge in [0.05, 0.1) is 11.4 Å². The third-order valence-electron chi connectivity index (χ3n) is 1.02. The Balaban J connectivity index is 2.67. The number of rotatable bonds is 2. The van der Waals surface area contributed by atoms with Crippen molar-refractivity contribution in [2.75, 3.05) is 6.26 Å². The molecule has 0 N–H and O–H groups in total. The van der Waals surface area contributed by atoms with Crippen LogP contribution in [0.5, 0.6) is 0 Å². The summed E-state index contributed by atoms with van der Waals surface area (Å²) < 4.78 is 15.5. The Morgan fingerprint density at radius 3 is 2.90 bits per heavy atom. The van der Waals surface area contributed by atoms with Crippen molar-refractivity contribution in [3.8, 4) is 0 Å². The highest BCUT2D eigenvalue weighted by molar-refractivity contribution is 7.83. The van der Waals surface area contributed by atoms with Crippen molar-refractivity contribution in [2.45, 2.75) is 12.7 Å². The first-order valence-electron chi connectivity index (χ1n) is 2.90. The molecule has 0 bridgehead atoms. The van der Waals surface area contributed by atoms with Crippen LogP contribution in [0.15, 0.2) is 10.6 Å². The highest BCUT2D eigenvalue weighted by Crippen LogP contribution is 2.03. The Hall–Kier alpha value is -0.640. The minimum absolute atomic E-state index is 0.459. The molecule has 1 unspecified atom stereocenters. The van der Waals surface area contributed by atoms with E-state index in [0.717, 1.165) is 5.69 Å². The zero-order chi connectivity index (χ0) is 7.56. The molecule has 1 heterocycles. The average molecular weight is 159 g/mol. The smallest absolute Gasteiger partial charge is 0.149 e. The van der Waals surface area contributed by atoms with Crippen molar-refractivity contribution in [1.82, 2.24) is 5.16 Å². The van der Waals surface area contributed by atoms with E-state index in [1.54, 1.807) is 12.3 Å². The van der Waals surface area contributed by atoms with Crippen LogP contribution in [0, 0.1) is 6.92 Å². The maximum absolute atomic E-state index is 10.6. The van der Waals surface area contributed by atoms with Crippen LogP contribution in [-0.4, -0.2) is 15.6 Å². The summed E-state index contributed by atoms with van der Waals surface area (Å²) in [5.41, 5.74) is 0.834. The number of hydrogen-bond donors (Lipinski definition) is 0. The standard InChI is InChI=1S/C6H9NO2S/c1-5-3-6(9-7-5)4-10(2)8/h3H,4H2,1-2H3. The number of hydrogen-bond acceptors (Lipinski definition) is 3. The molecule has 0 saturated heterocycles. The van der Waals surface area contributed by atoms with E-state index in [1.165, 1.54) is 0 Å². The van der Waals surface area contributed by atoms with Crippen molar-refractivity contribution in [1.29, 1.82) is 0 Å². The van der Waals surface area contributed by atoms with Gasteiger partial charge in [-0.1, -0.05) is 5.16 Å². The Morgan fingerprint density at radius 2 is 2.50 bits per heavy atom. The van der Waals surface area contributed by atoms with Gasteiger partial charge in [0.2, 0.25) is 0 Å². The molecule has 0 fully saturated rings. The Kier molecular flexibility index (Phi) is 2.21. The predicted octanol–water partition coefficient (Wildman–Crippen LogP) is 0.862. The Bertz CT molecular complexity index is 244. The second-order valence-corrected chi connectivity index (χ2v) is 3.59. The van der Waals surface area contributed by atoms with Gasteiger partial charge in [0, 0.05) is 23.1 Å². The quantitative estimate of drug-likeness (QED) is 0.642. The van der Waals surface area contributed by atoms with Gasteiger partial charge in [-0.25, -0.2) is 0 Å². The molecule has 10 heavy (non-hydrogen) atoms. The van der Waals surface area contributed by atoms with Crippen LogP contribution in [0.2, 0.25) is 0 Å². The van der Waals surface area contributed by atoms with Crippen LogP contribution in [0.3, 0.4) is 0 Å². The first-order chi connectivity index (χ1) is 4.68. The number of aromatic nitrogens is 1. The average Bonchev–Trinajstić information content (AvgIpc) is 2.13. The van der Waals surface area contributed by atoms with Crippen molar-refractivity contribution < 1.29 is 8.73 Å². The summed E-state index contributed by atoms with van der Waals surface area (Å²) in [5.74, 6) is 1.15. The van der Waals surface area contributed by atoms with Crippen LogP contribution in [0.4, 0.5) is 0 Å². The fourth-order valence-corrected chi connectivity index (χ4v) is 1.22. The third kappa shape index (κ3) is 1.95. The van der Waals surface area contributed by atoms with E-state index in [0.29, 0.717) is 11.5 Å². The zero-order valence-electron chi connectivity index (χ0n) is 5.96. The normalized spacial score (nSPS) is 13.4. The SMILES string of the molecule is Cc1cc(CS(C)=O)on1. The summed E-state index contributed by atoms with van der Waals surface area (Å²) in [6.45, 7) is 1.84. The Morgan fingerprint density at radius 1 is 1.80 bits per heavy atom. The lowest BCUT2D eigenvalue weighted by atomic mass is 10.4. The van der Waals surface area contributed by atoms with E-state index in [2.05, 4.69) is 5.16 Å². The van der Waals surface area contributed by atoms with Gasteiger partial charge >= 0.3 is 0 Å². The molecular weight excluding hydrogens is 150 g/mol. The molecule has 0 aromatic carbocycles. The minimum Gasteiger partial charge on any atom is -0.360 e. The summed E-state index contributed by atoms with van der Waals surface area (Å²) >= 11 is 0. The lowest BCUT2D eigenvalue weighted by Gasteiger charge is -1.85. The van der Waals surface area contributed by atoms with Crippen LogP contribution >= 0.6 is 0 Å². The van der Waals surface area contributed by atoms with Crippen LogP contribution in [-0.2, 0) is 16.6 Å². The molecule has 3 nitrogen and oxygen atoms in total. The second kappa shape index (κ2) is 2.96. The lowest BCUT2D eigenvalue weighted by molar-refractivity contribution is 0.390. The molecule has 0 saturated carbocycles. The van der Waals surface area contributed by atoms with Crippen LogP contribution in [0.25, 0.3) is 0 Å². The molecule has 0 radical (unpaired) electrons. The third-order valence-corrected chi connectivity index (χ3v) is 1.71. The van der Waals surface area contributed by atoms with E-state index >= 15 is 0 Å². The number of nitrogens with zero attached hydrogens (tertiary/aromatic N) is 1. The van der Waals surface area contributed by atoms with Gasteiger partial charge in [-0.15, -0.1) is 0 Å². The summed E-state index contributed by atoms with van der Waals surface area (Å²) in [6, 6.07) is 1.79. The summed E-state index contributed by atoms with van der Waals surface area (Å²) in [4.78, 5) is 0. The maximum atomic E-state index is 10.6. The molecule has 1 aromatic heterocycles. The van der Waals surface area contributed by atoms with Crippen molar-refractivity contribution >= 4 is 10.8 Å². The van der Waals surface area contributed by atoms with Crippen LogP contribution in [0.1, 0.15) is 11.5 Å². The molecule has 1 rings (SSSR count). The maximum Gasteiger partial charge on any atom is 0.149 e. The highest BCUT2D eigenvalue weighted by Gasteiger charge is 2.01. The lowest BCUT2D eigenvalue weighted by Crippen LogP contribution is -1.88. The summed E-state index contributed by atoms with van der Waals surface area (Å²) in [5, 5.41) is 3.66. The molecule has 0 aliphatic heterocycles. The van der Waals surface area contributed by atoms with E-state index in [1.807, 2.05) is 6.92 Å². The van der Waals surface area contributed by atoms with E-state index in [4.69, 9.17) is 4.52 Å². The van der Waals surface area contributed by atoms with Gasteiger partial charge in [0.15, 0.2) is 0 Å². The molecule has 0 aliphatic rings. The Labute approximate surface area is 61.9 Å². The second-order valence-electron chi connectivity index (χ2n) is 2.15. The molecule has 1 atom stereocenters. The molecule has 4 heteroatoms. The molecular formula is C6H9NO2S. The largest absolute Gasteiger partial charge is 0.360 e. The molecule has 56 valence electrons. The van der Waals surface area contributed by atoms with Crippen molar-refractivity contribution in [2.24, 2.45) is 0 Å². The number of aryl methyl sites for hydroxylation is 1. The van der Waals surface area contributed by atoms with Gasteiger partial charge in [-0.2, -0.15) is 0 Å². The van der Waals surface area contributed by atoms with E-state index in [-0.39, 0.29) is 0 Å². The van der Waals surface area contributed by atoms with Gasteiger partial charge in [0.1, 0.15) is 5.76 Å². The fourth-order valence-electron chi connectivity index (χ4n) is 0.685. The molecule has 0 amide bonds. The monoisotopic (exact) mass is 159 g/mol. The predicted molar refractivity (Wildman–Crippen MR) is 39.0 cm³/mol. The molecule has 1 aromatic rings. The summed E-state index contributed by atoms with van der Waals surface area (Å²) in [7, 11) is -0.837. The van der Waals surface area contributed by atoms with Gasteiger partial charge in [-0.3, -0.25) is 4.21 Å². The highest BCUT2D eigenvalue weighted by atomic mass is 32.2. The topological polar surface area (TPSA) is 43.1 Å². The van der Waals surface area contributed by atoms with Crippen LogP contribution < -0.4 is 0 Å². The van der Waals surface area contributed by atoms with Gasteiger partial charge < -0.3 is 4.52 Å². The first-order valence-corrected chi connectivity index (χ1v) is 4.63. The minimum atomic E-state index is -0.837. The summed E-state index contributed by atoms with van der Waals surface area (Å²) in [6.07, 6.45) is 1.64.